The van der Waals surface area contributed by atoms with Crippen molar-refractivity contribution in [3.8, 4) is 11.5 Å². The van der Waals surface area contributed by atoms with Crippen LogP contribution in [0.15, 0.2) is 35.0 Å². The molecule has 0 unspecified atom stereocenters. The number of nitrogens with two attached hydrogens (primary N) is 1. The van der Waals surface area contributed by atoms with Gasteiger partial charge in [-0.25, -0.2) is 9.02 Å². The lowest BCUT2D eigenvalue weighted by Gasteiger charge is -2.06. The maximum Gasteiger partial charge on any atom is 0.179 e. The van der Waals surface area contributed by atoms with E-state index in [1.807, 2.05) is 0 Å². The van der Waals surface area contributed by atoms with Gasteiger partial charge < -0.3 is 10.5 Å². The average molecular weight is 280 g/mol. The van der Waals surface area contributed by atoms with E-state index in [1.165, 1.54) is 12.1 Å². The Morgan fingerprint density at radius 3 is 2.74 bits per heavy atom. The zero-order chi connectivity index (χ0) is 13.4. The van der Waals surface area contributed by atoms with Gasteiger partial charge in [0, 0.05) is 6.07 Å². The molecule has 0 atom stereocenters. The second-order valence-corrected chi connectivity index (χ2v) is 4.20. The van der Waals surface area contributed by atoms with Crippen LogP contribution < -0.4 is 10.5 Å². The van der Waals surface area contributed by atoms with Crippen molar-refractivity contribution in [3.63, 3.8) is 0 Å². The summed E-state index contributed by atoms with van der Waals surface area (Å²) >= 11 is 5.60. The lowest BCUT2D eigenvalue weighted by molar-refractivity contribution is 0.314. The van der Waals surface area contributed by atoms with Crippen molar-refractivity contribution in [1.29, 1.82) is 0 Å². The Labute approximate surface area is 111 Å². The van der Waals surface area contributed by atoms with Crippen molar-refractivity contribution in [3.05, 3.63) is 41.2 Å². The monoisotopic (exact) mass is 279 g/mol. The summed E-state index contributed by atoms with van der Waals surface area (Å²) in [4.78, 5) is 0. The molecule has 1 aromatic heterocycles. The fraction of sp³-hybridized carbons (Fsp3) is 0. The highest BCUT2D eigenvalue weighted by atomic mass is 35.5. The minimum absolute atomic E-state index is 0.0258. The number of hydrogen-bond donors (Lipinski definition) is 1. The largest absolute Gasteiger partial charge is 0.455 e. The Hall–Kier alpha value is -2.34. The minimum Gasteiger partial charge on any atom is -0.455 e. The Kier molecular flexibility index (Phi) is 2.72. The number of nitrogens with zero attached hydrogens (tertiary/aromatic N) is 2. The van der Waals surface area contributed by atoms with E-state index in [2.05, 4.69) is 14.9 Å². The first-order valence-corrected chi connectivity index (χ1v) is 5.66. The summed E-state index contributed by atoms with van der Waals surface area (Å²) in [5, 5.41) is 7.40. The quantitative estimate of drug-likeness (QED) is 0.728. The zero-order valence-electron chi connectivity index (χ0n) is 9.43. The third kappa shape index (κ3) is 2.06. The predicted octanol–water partition coefficient (Wildman–Crippen LogP) is 3.39. The molecular weight excluding hydrogens is 273 g/mol. The van der Waals surface area contributed by atoms with Gasteiger partial charge in [-0.15, -0.1) is 0 Å². The summed E-state index contributed by atoms with van der Waals surface area (Å²) in [6.07, 6.45) is 0. The third-order valence-electron chi connectivity index (χ3n) is 2.53. The Morgan fingerprint density at radius 2 is 1.95 bits per heavy atom. The van der Waals surface area contributed by atoms with E-state index in [4.69, 9.17) is 22.1 Å². The number of rotatable bonds is 2. The first-order valence-electron chi connectivity index (χ1n) is 5.29. The standard InChI is InChI=1S/C12H7ClFN3O2/c13-7-2-1-6(5-8(7)14)18-10-4-3-9(15)11-12(10)17-19-16-11/h1-5H,15H2. The molecule has 0 aliphatic carbocycles. The molecule has 3 rings (SSSR count). The topological polar surface area (TPSA) is 74.2 Å². The number of anilines is 1. The van der Waals surface area contributed by atoms with Gasteiger partial charge in [-0.05, 0) is 34.6 Å². The van der Waals surface area contributed by atoms with Crippen LogP contribution >= 0.6 is 11.6 Å². The molecule has 3 aromatic rings. The molecule has 0 aliphatic heterocycles. The first kappa shape index (κ1) is 11.7. The maximum absolute atomic E-state index is 13.3. The summed E-state index contributed by atoms with van der Waals surface area (Å²) in [5.41, 5.74) is 6.90. The molecule has 19 heavy (non-hydrogen) atoms. The number of benzene rings is 2. The fourth-order valence-corrected chi connectivity index (χ4v) is 1.73. The zero-order valence-corrected chi connectivity index (χ0v) is 10.2. The van der Waals surface area contributed by atoms with E-state index < -0.39 is 5.82 Å². The highest BCUT2D eigenvalue weighted by Crippen LogP contribution is 2.32. The van der Waals surface area contributed by atoms with Crippen LogP contribution in [0.4, 0.5) is 10.1 Å². The molecule has 0 fully saturated rings. The summed E-state index contributed by atoms with van der Waals surface area (Å²) in [7, 11) is 0. The number of halogens is 2. The molecule has 0 aliphatic rings. The molecular formula is C12H7ClFN3O2. The number of hydrogen-bond acceptors (Lipinski definition) is 5. The SMILES string of the molecule is Nc1ccc(Oc2ccc(Cl)c(F)c2)c2nonc12. The smallest absolute Gasteiger partial charge is 0.179 e. The predicted molar refractivity (Wildman–Crippen MR) is 67.7 cm³/mol. The van der Waals surface area contributed by atoms with Crippen LogP contribution in [0.5, 0.6) is 11.5 Å². The third-order valence-corrected chi connectivity index (χ3v) is 2.84. The van der Waals surface area contributed by atoms with Gasteiger partial charge in [0.15, 0.2) is 16.8 Å². The summed E-state index contributed by atoms with van der Waals surface area (Å²) in [5.74, 6) is 0.0901. The number of nitrogen functional groups attached to an aromatic ring is 1. The molecule has 0 bridgehead atoms. The van der Waals surface area contributed by atoms with Crippen molar-refractivity contribution in [1.82, 2.24) is 10.3 Å². The van der Waals surface area contributed by atoms with E-state index in [9.17, 15) is 4.39 Å². The Balaban J connectivity index is 2.03. The molecule has 5 nitrogen and oxygen atoms in total. The second kappa shape index (κ2) is 4.40. The fourth-order valence-electron chi connectivity index (χ4n) is 1.61. The molecule has 7 heteroatoms. The molecule has 0 spiro atoms. The molecule has 2 N–H and O–H groups in total. The van der Waals surface area contributed by atoms with Crippen LogP contribution in [0.1, 0.15) is 0 Å². The summed E-state index contributed by atoms with van der Waals surface area (Å²) in [6, 6.07) is 7.34. The van der Waals surface area contributed by atoms with Crippen LogP contribution in [-0.2, 0) is 0 Å². The van der Waals surface area contributed by atoms with Crippen LogP contribution in [0, 0.1) is 5.82 Å². The van der Waals surface area contributed by atoms with Crippen molar-refractivity contribution >= 4 is 28.3 Å². The van der Waals surface area contributed by atoms with Crippen molar-refractivity contribution < 1.29 is 13.8 Å². The van der Waals surface area contributed by atoms with Crippen molar-refractivity contribution in [2.45, 2.75) is 0 Å². The number of aromatic nitrogens is 2. The van der Waals surface area contributed by atoms with Crippen LogP contribution in [0.25, 0.3) is 11.0 Å². The van der Waals surface area contributed by atoms with Crippen LogP contribution in [0.2, 0.25) is 5.02 Å². The molecule has 1 heterocycles. The van der Waals surface area contributed by atoms with Gasteiger partial charge in [0.05, 0.1) is 10.7 Å². The maximum atomic E-state index is 13.3. The van der Waals surface area contributed by atoms with Gasteiger partial charge in [-0.2, -0.15) is 0 Å². The Bertz CT molecular complexity index is 760. The minimum atomic E-state index is -0.566. The molecule has 0 saturated heterocycles. The van der Waals surface area contributed by atoms with Gasteiger partial charge in [-0.1, -0.05) is 11.6 Å². The lowest BCUT2D eigenvalue weighted by Crippen LogP contribution is -1.91. The average Bonchev–Trinajstić information content (AvgIpc) is 2.87. The molecule has 0 radical (unpaired) electrons. The molecule has 0 amide bonds. The number of fused-ring (bicyclic) bond motifs is 1. The van der Waals surface area contributed by atoms with Crippen molar-refractivity contribution in [2.24, 2.45) is 0 Å². The molecule has 0 saturated carbocycles. The lowest BCUT2D eigenvalue weighted by atomic mass is 10.2. The normalized spacial score (nSPS) is 10.8. The highest BCUT2D eigenvalue weighted by molar-refractivity contribution is 6.30. The molecule has 96 valence electrons. The second-order valence-electron chi connectivity index (χ2n) is 3.79. The van der Waals surface area contributed by atoms with Gasteiger partial charge >= 0.3 is 0 Å². The van der Waals surface area contributed by atoms with Gasteiger partial charge in [0.1, 0.15) is 11.6 Å². The summed E-state index contributed by atoms with van der Waals surface area (Å²) in [6.45, 7) is 0. The van der Waals surface area contributed by atoms with E-state index >= 15 is 0 Å². The van der Waals surface area contributed by atoms with E-state index in [0.717, 1.165) is 0 Å². The van der Waals surface area contributed by atoms with Gasteiger partial charge in [0.25, 0.3) is 0 Å². The van der Waals surface area contributed by atoms with Gasteiger partial charge in [0.2, 0.25) is 0 Å². The Morgan fingerprint density at radius 1 is 1.16 bits per heavy atom. The number of ether oxygens (including phenoxy) is 1. The summed E-state index contributed by atoms with van der Waals surface area (Å²) < 4.78 is 23.5. The van der Waals surface area contributed by atoms with Crippen LogP contribution in [-0.4, -0.2) is 10.3 Å². The van der Waals surface area contributed by atoms with Crippen LogP contribution in [0.3, 0.4) is 0 Å². The first-order chi connectivity index (χ1) is 9.15. The van der Waals surface area contributed by atoms with Gasteiger partial charge in [-0.3, -0.25) is 0 Å². The highest BCUT2D eigenvalue weighted by Gasteiger charge is 2.12. The van der Waals surface area contributed by atoms with Crippen molar-refractivity contribution in [2.75, 3.05) is 5.73 Å². The van der Waals surface area contributed by atoms with E-state index in [-0.39, 0.29) is 10.8 Å². The van der Waals surface area contributed by atoms with E-state index in [1.54, 1.807) is 18.2 Å². The van der Waals surface area contributed by atoms with E-state index in [0.29, 0.717) is 22.5 Å². The molecule has 2 aromatic carbocycles.